The number of halogens is 2. The van der Waals surface area contributed by atoms with Crippen molar-refractivity contribution < 1.29 is 13.9 Å². The average molecular weight is 167 g/mol. The van der Waals surface area contributed by atoms with E-state index >= 15 is 0 Å². The van der Waals surface area contributed by atoms with E-state index in [0.29, 0.717) is 6.42 Å². The number of aliphatic hydroxyl groups is 1. The summed E-state index contributed by atoms with van der Waals surface area (Å²) in [5.74, 6) is 0. The van der Waals surface area contributed by atoms with Crippen molar-refractivity contribution in [3.63, 3.8) is 0 Å². The Bertz CT molecular complexity index is 100. The third-order valence-electron chi connectivity index (χ3n) is 1.52. The fourth-order valence-electron chi connectivity index (χ4n) is 0.555. The second-order valence-corrected chi connectivity index (χ2v) is 2.59. The van der Waals surface area contributed by atoms with Crippen molar-refractivity contribution in [1.29, 1.82) is 0 Å². The molecule has 0 aromatic carbocycles. The van der Waals surface area contributed by atoms with Crippen LogP contribution in [0.25, 0.3) is 0 Å². The Balaban J connectivity index is 3.37. The first-order valence-electron chi connectivity index (χ1n) is 3.77. The van der Waals surface area contributed by atoms with Crippen LogP contribution in [0.4, 0.5) is 8.78 Å². The summed E-state index contributed by atoms with van der Waals surface area (Å²) in [5, 5.41) is 11.5. The van der Waals surface area contributed by atoms with Gasteiger partial charge in [0.05, 0.1) is 12.1 Å². The SMILES string of the molecule is CCC(O)CNC(C)C(F)F. The molecule has 0 heterocycles. The van der Waals surface area contributed by atoms with E-state index in [2.05, 4.69) is 5.32 Å². The minimum absolute atomic E-state index is 0.238. The van der Waals surface area contributed by atoms with E-state index in [1.54, 1.807) is 6.92 Å². The largest absolute Gasteiger partial charge is 0.392 e. The fourth-order valence-corrected chi connectivity index (χ4v) is 0.555. The second-order valence-electron chi connectivity index (χ2n) is 2.59. The zero-order valence-electron chi connectivity index (χ0n) is 6.85. The summed E-state index contributed by atoms with van der Waals surface area (Å²) in [5.41, 5.74) is 0. The second kappa shape index (κ2) is 5.43. The molecule has 2 N–H and O–H groups in total. The van der Waals surface area contributed by atoms with Gasteiger partial charge in [0, 0.05) is 6.54 Å². The monoisotopic (exact) mass is 167 g/mol. The Morgan fingerprint density at radius 3 is 2.36 bits per heavy atom. The van der Waals surface area contributed by atoms with E-state index in [9.17, 15) is 8.78 Å². The molecule has 68 valence electrons. The van der Waals surface area contributed by atoms with Crippen LogP contribution in [-0.4, -0.2) is 30.2 Å². The van der Waals surface area contributed by atoms with Crippen molar-refractivity contribution in [2.45, 2.75) is 38.8 Å². The maximum atomic E-state index is 11.8. The number of hydrogen-bond donors (Lipinski definition) is 2. The molecule has 0 saturated carbocycles. The number of alkyl halides is 2. The predicted octanol–water partition coefficient (Wildman–Crippen LogP) is 1.00. The minimum Gasteiger partial charge on any atom is -0.392 e. The third-order valence-corrected chi connectivity index (χ3v) is 1.52. The molecule has 0 radical (unpaired) electrons. The van der Waals surface area contributed by atoms with E-state index in [0.717, 1.165) is 0 Å². The van der Waals surface area contributed by atoms with Crippen LogP contribution in [0.1, 0.15) is 20.3 Å². The van der Waals surface area contributed by atoms with Gasteiger partial charge in [-0.3, -0.25) is 0 Å². The number of nitrogens with one attached hydrogen (secondary N) is 1. The Morgan fingerprint density at radius 2 is 2.00 bits per heavy atom. The van der Waals surface area contributed by atoms with Crippen LogP contribution in [0.2, 0.25) is 0 Å². The molecule has 2 atom stereocenters. The van der Waals surface area contributed by atoms with Crippen LogP contribution >= 0.6 is 0 Å². The molecule has 0 aliphatic heterocycles. The molecule has 0 aromatic heterocycles. The van der Waals surface area contributed by atoms with E-state index in [1.807, 2.05) is 0 Å². The van der Waals surface area contributed by atoms with Crippen LogP contribution in [0.5, 0.6) is 0 Å². The van der Waals surface area contributed by atoms with Crippen LogP contribution < -0.4 is 5.32 Å². The molecule has 0 fully saturated rings. The Labute approximate surface area is 65.6 Å². The van der Waals surface area contributed by atoms with Crippen LogP contribution in [-0.2, 0) is 0 Å². The van der Waals surface area contributed by atoms with Gasteiger partial charge >= 0.3 is 0 Å². The first-order chi connectivity index (χ1) is 5.07. The van der Waals surface area contributed by atoms with Crippen LogP contribution in [0, 0.1) is 0 Å². The summed E-state index contributed by atoms with van der Waals surface area (Å²) in [6.45, 7) is 3.44. The Hall–Kier alpha value is -0.220. The molecule has 0 spiro atoms. The highest BCUT2D eigenvalue weighted by atomic mass is 19.3. The van der Waals surface area contributed by atoms with E-state index in [-0.39, 0.29) is 6.54 Å². The molecular formula is C7H15F2NO. The molecule has 4 heteroatoms. The molecule has 0 aliphatic carbocycles. The average Bonchev–Trinajstić information content (AvgIpc) is 1.99. The van der Waals surface area contributed by atoms with Gasteiger partial charge < -0.3 is 10.4 Å². The molecule has 0 amide bonds. The molecule has 0 aliphatic rings. The van der Waals surface area contributed by atoms with E-state index in [4.69, 9.17) is 5.11 Å². The maximum absolute atomic E-state index is 11.8. The molecule has 2 unspecified atom stereocenters. The summed E-state index contributed by atoms with van der Waals surface area (Å²) in [7, 11) is 0. The third kappa shape index (κ3) is 5.09. The molecule has 2 nitrogen and oxygen atoms in total. The van der Waals surface area contributed by atoms with Crippen molar-refractivity contribution in [1.82, 2.24) is 5.32 Å². The van der Waals surface area contributed by atoms with Gasteiger partial charge in [-0.2, -0.15) is 0 Å². The molecule has 0 rings (SSSR count). The first-order valence-corrected chi connectivity index (χ1v) is 3.77. The lowest BCUT2D eigenvalue weighted by Gasteiger charge is -2.14. The molecule has 0 aromatic rings. The standard InChI is InChI=1S/C7H15F2NO/c1-3-6(11)4-10-5(2)7(8)9/h5-7,10-11H,3-4H2,1-2H3. The van der Waals surface area contributed by atoms with Crippen molar-refractivity contribution in [3.8, 4) is 0 Å². The van der Waals surface area contributed by atoms with Crippen molar-refractivity contribution in [2.24, 2.45) is 0 Å². The number of hydrogen-bond acceptors (Lipinski definition) is 2. The van der Waals surface area contributed by atoms with Gasteiger partial charge in [0.2, 0.25) is 0 Å². The van der Waals surface area contributed by atoms with Crippen LogP contribution in [0.3, 0.4) is 0 Å². The van der Waals surface area contributed by atoms with Crippen molar-refractivity contribution in [3.05, 3.63) is 0 Å². The Morgan fingerprint density at radius 1 is 1.45 bits per heavy atom. The summed E-state index contributed by atoms with van der Waals surface area (Å²) >= 11 is 0. The van der Waals surface area contributed by atoms with E-state index in [1.165, 1.54) is 6.92 Å². The Kier molecular flexibility index (Phi) is 5.32. The zero-order chi connectivity index (χ0) is 8.85. The number of rotatable bonds is 5. The molecule has 11 heavy (non-hydrogen) atoms. The summed E-state index contributed by atoms with van der Waals surface area (Å²) in [6, 6.07) is -0.837. The molecule has 0 bridgehead atoms. The van der Waals surface area contributed by atoms with Gasteiger partial charge in [-0.25, -0.2) is 8.78 Å². The zero-order valence-corrected chi connectivity index (χ0v) is 6.85. The smallest absolute Gasteiger partial charge is 0.253 e. The highest BCUT2D eigenvalue weighted by Crippen LogP contribution is 1.99. The fraction of sp³-hybridized carbons (Fsp3) is 1.00. The normalized spacial score (nSPS) is 16.9. The number of aliphatic hydroxyl groups excluding tert-OH is 1. The van der Waals surface area contributed by atoms with E-state index < -0.39 is 18.6 Å². The van der Waals surface area contributed by atoms with Gasteiger partial charge in [0.1, 0.15) is 0 Å². The lowest BCUT2D eigenvalue weighted by Crippen LogP contribution is -2.37. The van der Waals surface area contributed by atoms with Gasteiger partial charge in [0.25, 0.3) is 6.43 Å². The maximum Gasteiger partial charge on any atom is 0.253 e. The summed E-state index contributed by atoms with van der Waals surface area (Å²) < 4.78 is 23.7. The molecular weight excluding hydrogens is 152 g/mol. The highest BCUT2D eigenvalue weighted by molar-refractivity contribution is 4.65. The summed E-state index contributed by atoms with van der Waals surface area (Å²) in [4.78, 5) is 0. The van der Waals surface area contributed by atoms with Crippen molar-refractivity contribution >= 4 is 0 Å². The molecule has 0 saturated heterocycles. The topological polar surface area (TPSA) is 32.3 Å². The predicted molar refractivity (Wildman–Crippen MR) is 39.8 cm³/mol. The van der Waals surface area contributed by atoms with Crippen LogP contribution in [0.15, 0.2) is 0 Å². The lowest BCUT2D eigenvalue weighted by atomic mass is 10.2. The first kappa shape index (κ1) is 10.8. The van der Waals surface area contributed by atoms with Gasteiger partial charge in [-0.1, -0.05) is 6.92 Å². The van der Waals surface area contributed by atoms with Gasteiger partial charge in [0.15, 0.2) is 0 Å². The van der Waals surface area contributed by atoms with Gasteiger partial charge in [-0.05, 0) is 13.3 Å². The minimum atomic E-state index is -2.36. The quantitative estimate of drug-likeness (QED) is 0.640. The lowest BCUT2D eigenvalue weighted by molar-refractivity contribution is 0.0924. The summed E-state index contributed by atoms with van der Waals surface area (Å²) in [6.07, 6.45) is -2.29. The highest BCUT2D eigenvalue weighted by Gasteiger charge is 2.14. The van der Waals surface area contributed by atoms with Gasteiger partial charge in [-0.15, -0.1) is 0 Å². The van der Waals surface area contributed by atoms with Crippen molar-refractivity contribution in [2.75, 3.05) is 6.54 Å².